The molecular weight excluding hydrogens is 422 g/mol. The Hall–Kier alpha value is -3.07. The molecule has 0 aliphatic carbocycles. The van der Waals surface area contributed by atoms with Crippen LogP contribution >= 0.6 is 11.8 Å². The van der Waals surface area contributed by atoms with Crippen LogP contribution in [0.1, 0.15) is 36.8 Å². The van der Waals surface area contributed by atoms with Gasteiger partial charge in [-0.15, -0.1) is 0 Å². The van der Waals surface area contributed by atoms with Crippen molar-refractivity contribution in [2.24, 2.45) is 5.73 Å². The standard InChI is InChI=1S/C22H24F2N4O2S/c1-13(2)20-21(31-18-10-15(23)9-16(24)11-18)28(12-14-3-5-17(25)6-4-14)19(27-20)7-8-30-22(26)29/h3-6,9-11,13H,7-8,12,25H2,1-2H3,(H2,26,29). The molecule has 1 amide bonds. The molecule has 2 aromatic carbocycles. The van der Waals surface area contributed by atoms with Gasteiger partial charge in [-0.05, 0) is 35.7 Å². The molecule has 3 aromatic rings. The van der Waals surface area contributed by atoms with E-state index in [1.807, 2.05) is 30.5 Å². The van der Waals surface area contributed by atoms with Crippen LogP contribution in [0.5, 0.6) is 0 Å². The molecule has 0 fully saturated rings. The number of imidazole rings is 1. The molecule has 0 radical (unpaired) electrons. The zero-order valence-corrected chi connectivity index (χ0v) is 18.1. The SMILES string of the molecule is CC(C)c1nc(CCOC(N)=O)n(Cc2ccc(N)cc2)c1Sc1cc(F)cc(F)c1. The van der Waals surface area contributed by atoms with Crippen LogP contribution in [0.4, 0.5) is 19.3 Å². The molecule has 31 heavy (non-hydrogen) atoms. The second kappa shape index (κ2) is 9.82. The van der Waals surface area contributed by atoms with Crippen LogP contribution < -0.4 is 11.5 Å². The highest BCUT2D eigenvalue weighted by Gasteiger charge is 2.21. The third-order valence-corrected chi connectivity index (χ3v) is 5.61. The Labute approximate surface area is 183 Å². The lowest BCUT2D eigenvalue weighted by atomic mass is 10.1. The lowest BCUT2D eigenvalue weighted by Crippen LogP contribution is -2.16. The number of primary amides is 1. The number of ether oxygens (including phenoxy) is 1. The normalized spacial score (nSPS) is 11.1. The number of rotatable bonds is 8. The van der Waals surface area contributed by atoms with E-state index in [-0.39, 0.29) is 12.5 Å². The number of hydrogen-bond donors (Lipinski definition) is 2. The topological polar surface area (TPSA) is 96.2 Å². The first kappa shape index (κ1) is 22.6. The largest absolute Gasteiger partial charge is 0.449 e. The van der Waals surface area contributed by atoms with Crippen molar-refractivity contribution in [1.29, 1.82) is 0 Å². The van der Waals surface area contributed by atoms with Crippen LogP contribution in [0.15, 0.2) is 52.4 Å². The van der Waals surface area contributed by atoms with Gasteiger partial charge >= 0.3 is 6.09 Å². The molecular formula is C22H24F2N4O2S. The van der Waals surface area contributed by atoms with E-state index in [1.165, 1.54) is 23.9 Å². The summed E-state index contributed by atoms with van der Waals surface area (Å²) in [5, 5.41) is 0.769. The summed E-state index contributed by atoms with van der Waals surface area (Å²) in [7, 11) is 0. The smallest absolute Gasteiger partial charge is 0.404 e. The first-order valence-electron chi connectivity index (χ1n) is 9.73. The second-order valence-corrected chi connectivity index (χ2v) is 8.39. The average Bonchev–Trinajstić information content (AvgIpc) is 3.00. The zero-order chi connectivity index (χ0) is 22.5. The summed E-state index contributed by atoms with van der Waals surface area (Å²) in [6, 6.07) is 10.8. The highest BCUT2D eigenvalue weighted by Crippen LogP contribution is 2.36. The predicted octanol–water partition coefficient (Wildman–Crippen LogP) is 4.70. The van der Waals surface area contributed by atoms with E-state index in [2.05, 4.69) is 0 Å². The van der Waals surface area contributed by atoms with Crippen molar-refractivity contribution in [3.05, 3.63) is 71.2 Å². The number of amides is 1. The number of halogens is 2. The van der Waals surface area contributed by atoms with Crippen molar-refractivity contribution in [1.82, 2.24) is 9.55 Å². The summed E-state index contributed by atoms with van der Waals surface area (Å²) < 4.78 is 34.4. The van der Waals surface area contributed by atoms with Gasteiger partial charge in [0.1, 0.15) is 29.1 Å². The van der Waals surface area contributed by atoms with E-state index in [0.29, 0.717) is 29.4 Å². The molecule has 3 rings (SSSR count). The highest BCUT2D eigenvalue weighted by molar-refractivity contribution is 7.99. The van der Waals surface area contributed by atoms with Gasteiger partial charge < -0.3 is 20.8 Å². The summed E-state index contributed by atoms with van der Waals surface area (Å²) in [6.45, 7) is 4.53. The number of carbonyl (C=O) groups is 1. The van der Waals surface area contributed by atoms with Gasteiger partial charge in [-0.1, -0.05) is 37.7 Å². The monoisotopic (exact) mass is 446 g/mol. The summed E-state index contributed by atoms with van der Waals surface area (Å²) in [5.41, 5.74) is 13.3. The Morgan fingerprint density at radius 1 is 1.16 bits per heavy atom. The van der Waals surface area contributed by atoms with E-state index < -0.39 is 17.7 Å². The first-order chi connectivity index (χ1) is 14.7. The van der Waals surface area contributed by atoms with Crippen LogP contribution in [0.25, 0.3) is 0 Å². The van der Waals surface area contributed by atoms with Crippen molar-refractivity contribution in [2.75, 3.05) is 12.3 Å². The molecule has 1 heterocycles. The number of anilines is 1. The molecule has 0 saturated carbocycles. The van der Waals surface area contributed by atoms with Crippen molar-refractivity contribution < 1.29 is 18.3 Å². The molecule has 4 N–H and O–H groups in total. The molecule has 9 heteroatoms. The average molecular weight is 447 g/mol. The maximum atomic E-state index is 13.8. The van der Waals surface area contributed by atoms with Gasteiger partial charge in [0.05, 0.1) is 5.69 Å². The molecule has 1 aromatic heterocycles. The minimum atomic E-state index is -0.856. The Balaban J connectivity index is 2.04. The van der Waals surface area contributed by atoms with Crippen molar-refractivity contribution >= 4 is 23.5 Å². The molecule has 0 spiro atoms. The van der Waals surface area contributed by atoms with Crippen LogP contribution in [0.3, 0.4) is 0 Å². The Bertz CT molecular complexity index is 1050. The second-order valence-electron chi connectivity index (χ2n) is 7.33. The Morgan fingerprint density at radius 3 is 2.39 bits per heavy atom. The number of benzene rings is 2. The number of aromatic nitrogens is 2. The van der Waals surface area contributed by atoms with E-state index >= 15 is 0 Å². The number of nitrogens with zero attached hydrogens (tertiary/aromatic N) is 2. The lowest BCUT2D eigenvalue weighted by Gasteiger charge is -2.14. The molecule has 0 aliphatic heterocycles. The van der Waals surface area contributed by atoms with Gasteiger partial charge in [0.25, 0.3) is 0 Å². The van der Waals surface area contributed by atoms with Gasteiger partial charge in [0, 0.05) is 29.6 Å². The quantitative estimate of drug-likeness (QED) is 0.489. The maximum Gasteiger partial charge on any atom is 0.404 e. The fraction of sp³-hybridized carbons (Fsp3) is 0.273. The minimum absolute atomic E-state index is 0.0596. The lowest BCUT2D eigenvalue weighted by molar-refractivity contribution is 0.157. The zero-order valence-electron chi connectivity index (χ0n) is 17.3. The molecule has 0 atom stereocenters. The number of nitrogens with two attached hydrogens (primary N) is 2. The fourth-order valence-corrected chi connectivity index (χ4v) is 4.32. The number of nitrogen functional groups attached to an aromatic ring is 1. The van der Waals surface area contributed by atoms with Gasteiger partial charge in [0.2, 0.25) is 0 Å². The van der Waals surface area contributed by atoms with Gasteiger partial charge in [-0.2, -0.15) is 0 Å². The third kappa shape index (κ3) is 5.97. The van der Waals surface area contributed by atoms with Gasteiger partial charge in [-0.3, -0.25) is 0 Å². The molecule has 6 nitrogen and oxygen atoms in total. The summed E-state index contributed by atoms with van der Waals surface area (Å²) in [5.74, 6) is -0.549. The number of hydrogen-bond acceptors (Lipinski definition) is 5. The van der Waals surface area contributed by atoms with E-state index in [0.717, 1.165) is 22.3 Å². The molecule has 164 valence electrons. The molecule has 0 saturated heterocycles. The summed E-state index contributed by atoms with van der Waals surface area (Å²) in [4.78, 5) is 16.2. The third-order valence-electron chi connectivity index (χ3n) is 4.51. The summed E-state index contributed by atoms with van der Waals surface area (Å²) >= 11 is 1.24. The van der Waals surface area contributed by atoms with E-state index in [4.69, 9.17) is 21.2 Å². The van der Waals surface area contributed by atoms with Gasteiger partial charge in [0.15, 0.2) is 0 Å². The Morgan fingerprint density at radius 2 is 1.81 bits per heavy atom. The van der Waals surface area contributed by atoms with E-state index in [1.54, 1.807) is 12.1 Å². The predicted molar refractivity (Wildman–Crippen MR) is 116 cm³/mol. The van der Waals surface area contributed by atoms with Crippen LogP contribution in [0.2, 0.25) is 0 Å². The van der Waals surface area contributed by atoms with Crippen molar-refractivity contribution in [2.45, 2.75) is 42.7 Å². The van der Waals surface area contributed by atoms with Gasteiger partial charge in [-0.25, -0.2) is 18.6 Å². The van der Waals surface area contributed by atoms with Crippen LogP contribution in [-0.2, 0) is 17.7 Å². The molecule has 0 bridgehead atoms. The highest BCUT2D eigenvalue weighted by atomic mass is 32.2. The van der Waals surface area contributed by atoms with Crippen molar-refractivity contribution in [3.8, 4) is 0 Å². The summed E-state index contributed by atoms with van der Waals surface area (Å²) in [6.07, 6.45) is -0.513. The minimum Gasteiger partial charge on any atom is -0.449 e. The molecule has 0 unspecified atom stereocenters. The van der Waals surface area contributed by atoms with Crippen LogP contribution in [-0.4, -0.2) is 22.3 Å². The first-order valence-corrected chi connectivity index (χ1v) is 10.5. The fourth-order valence-electron chi connectivity index (χ4n) is 3.09. The van der Waals surface area contributed by atoms with Crippen molar-refractivity contribution in [3.63, 3.8) is 0 Å². The molecule has 0 aliphatic rings. The van der Waals surface area contributed by atoms with Crippen LogP contribution in [0, 0.1) is 11.6 Å². The number of carbonyl (C=O) groups excluding carboxylic acids is 1. The maximum absolute atomic E-state index is 13.8. The Kier molecular flexibility index (Phi) is 7.17. The van der Waals surface area contributed by atoms with E-state index in [9.17, 15) is 13.6 Å².